The van der Waals surface area contributed by atoms with Crippen LogP contribution in [-0.4, -0.2) is 54.6 Å². The Labute approximate surface area is 205 Å². The van der Waals surface area contributed by atoms with E-state index in [1.165, 1.54) is 0 Å². The molecular weight excluding hydrogens is 442 g/mol. The van der Waals surface area contributed by atoms with Gasteiger partial charge in [-0.05, 0) is 42.4 Å². The lowest BCUT2D eigenvalue weighted by atomic mass is 10.1. The fourth-order valence-electron chi connectivity index (χ4n) is 4.01. The highest BCUT2D eigenvalue weighted by Gasteiger charge is 2.20. The summed E-state index contributed by atoms with van der Waals surface area (Å²) in [6, 6.07) is 18.8. The van der Waals surface area contributed by atoms with Gasteiger partial charge in [0.15, 0.2) is 0 Å². The minimum atomic E-state index is -0.498. The first kappa shape index (κ1) is 24.2. The van der Waals surface area contributed by atoms with Crippen LogP contribution in [0.3, 0.4) is 0 Å². The Kier molecular flexibility index (Phi) is 8.30. The molecule has 182 valence electrons. The lowest BCUT2D eigenvalue weighted by Gasteiger charge is -2.36. The number of pyridine rings is 1. The van der Waals surface area contributed by atoms with Crippen molar-refractivity contribution in [2.45, 2.75) is 20.1 Å². The van der Waals surface area contributed by atoms with Crippen LogP contribution < -0.4 is 15.5 Å². The number of hydrogen-bond donors (Lipinski definition) is 2. The molecule has 1 saturated heterocycles. The normalized spacial score (nSPS) is 13.8. The Morgan fingerprint density at radius 3 is 2.43 bits per heavy atom. The number of hydrogen-bond acceptors (Lipinski definition) is 6. The van der Waals surface area contributed by atoms with Gasteiger partial charge < -0.3 is 25.2 Å². The molecule has 8 heteroatoms. The number of para-hydroxylation sites is 1. The number of nitrogens with zero attached hydrogens (tertiary/aromatic N) is 3. The maximum atomic E-state index is 13.1. The van der Waals surface area contributed by atoms with E-state index in [2.05, 4.69) is 32.3 Å². The van der Waals surface area contributed by atoms with E-state index in [4.69, 9.17) is 4.74 Å². The molecule has 0 atom stereocenters. The molecule has 0 radical (unpaired) electrons. The average molecular weight is 474 g/mol. The Morgan fingerprint density at radius 1 is 0.943 bits per heavy atom. The molecule has 0 bridgehead atoms. The van der Waals surface area contributed by atoms with Gasteiger partial charge in [0, 0.05) is 62.1 Å². The molecule has 1 aromatic heterocycles. The zero-order chi connectivity index (χ0) is 24.5. The van der Waals surface area contributed by atoms with E-state index < -0.39 is 6.09 Å². The van der Waals surface area contributed by atoms with Crippen molar-refractivity contribution >= 4 is 23.4 Å². The summed E-state index contributed by atoms with van der Waals surface area (Å²) in [6.07, 6.45) is 2.83. The number of aromatic nitrogens is 1. The first-order chi connectivity index (χ1) is 17.1. The highest BCUT2D eigenvalue weighted by molar-refractivity contribution is 6.08. The predicted molar refractivity (Wildman–Crippen MR) is 136 cm³/mol. The minimum Gasteiger partial charge on any atom is -0.445 e. The first-order valence-electron chi connectivity index (χ1n) is 11.9. The molecule has 0 saturated carbocycles. The average Bonchev–Trinajstić information content (AvgIpc) is 2.92. The Morgan fingerprint density at radius 2 is 1.71 bits per heavy atom. The van der Waals surface area contributed by atoms with Crippen LogP contribution in [0.25, 0.3) is 0 Å². The van der Waals surface area contributed by atoms with Crippen molar-refractivity contribution in [2.24, 2.45) is 0 Å². The molecule has 0 aliphatic carbocycles. The number of likely N-dealkylation sites (N-methyl/N-ethyl adjacent to an activating group) is 1. The van der Waals surface area contributed by atoms with Crippen LogP contribution in [0.1, 0.15) is 28.4 Å². The molecule has 2 heterocycles. The number of piperazine rings is 1. The molecule has 3 aromatic rings. The SMILES string of the molecule is CCN1CCN(c2ccccc2C(=O)Nc2ccc(CNC(=O)OCc3cccnc3)cc2)CC1. The monoisotopic (exact) mass is 473 g/mol. The zero-order valence-electron chi connectivity index (χ0n) is 19.9. The van der Waals surface area contributed by atoms with Crippen LogP contribution >= 0.6 is 0 Å². The fraction of sp³-hybridized carbons (Fsp3) is 0.296. The van der Waals surface area contributed by atoms with Crippen molar-refractivity contribution in [1.82, 2.24) is 15.2 Å². The Bertz CT molecular complexity index is 1110. The highest BCUT2D eigenvalue weighted by atomic mass is 16.5. The van der Waals surface area contributed by atoms with Crippen molar-refractivity contribution in [3.8, 4) is 0 Å². The highest BCUT2D eigenvalue weighted by Crippen LogP contribution is 2.23. The van der Waals surface area contributed by atoms with Crippen molar-refractivity contribution in [1.29, 1.82) is 0 Å². The van der Waals surface area contributed by atoms with Crippen LogP contribution in [0.5, 0.6) is 0 Å². The molecule has 4 rings (SSSR count). The number of rotatable bonds is 8. The molecule has 2 amide bonds. The number of alkyl carbamates (subject to hydrolysis) is 1. The molecule has 1 aliphatic rings. The van der Waals surface area contributed by atoms with E-state index in [-0.39, 0.29) is 12.5 Å². The largest absolute Gasteiger partial charge is 0.445 e. The van der Waals surface area contributed by atoms with Crippen molar-refractivity contribution in [2.75, 3.05) is 42.9 Å². The second-order valence-corrected chi connectivity index (χ2v) is 8.38. The van der Waals surface area contributed by atoms with Crippen LogP contribution in [0.2, 0.25) is 0 Å². The van der Waals surface area contributed by atoms with E-state index in [1.807, 2.05) is 54.6 Å². The number of carbonyl (C=O) groups is 2. The summed E-state index contributed by atoms with van der Waals surface area (Å²) >= 11 is 0. The number of amides is 2. The van der Waals surface area contributed by atoms with Crippen molar-refractivity contribution in [3.63, 3.8) is 0 Å². The Balaban J connectivity index is 1.29. The van der Waals surface area contributed by atoms with Gasteiger partial charge in [0.2, 0.25) is 0 Å². The van der Waals surface area contributed by atoms with Crippen LogP contribution in [0.15, 0.2) is 73.1 Å². The molecule has 35 heavy (non-hydrogen) atoms. The molecule has 2 aromatic carbocycles. The quantitative estimate of drug-likeness (QED) is 0.516. The van der Waals surface area contributed by atoms with Gasteiger partial charge in [0.1, 0.15) is 6.61 Å². The molecule has 8 nitrogen and oxygen atoms in total. The van der Waals surface area contributed by atoms with Gasteiger partial charge in [-0.3, -0.25) is 9.78 Å². The number of carbonyl (C=O) groups excluding carboxylic acids is 2. The zero-order valence-corrected chi connectivity index (χ0v) is 19.9. The van der Waals surface area contributed by atoms with Gasteiger partial charge in [-0.15, -0.1) is 0 Å². The summed E-state index contributed by atoms with van der Waals surface area (Å²) in [6.45, 7) is 7.53. The van der Waals surface area contributed by atoms with Gasteiger partial charge in [-0.2, -0.15) is 0 Å². The topological polar surface area (TPSA) is 86.8 Å². The smallest absolute Gasteiger partial charge is 0.407 e. The van der Waals surface area contributed by atoms with Gasteiger partial charge in [0.05, 0.1) is 5.56 Å². The third-order valence-electron chi connectivity index (χ3n) is 6.05. The molecule has 1 aliphatic heterocycles. The van der Waals surface area contributed by atoms with Crippen LogP contribution in [0.4, 0.5) is 16.2 Å². The standard InChI is InChI=1S/C27H31N5O3/c1-2-31-14-16-32(17-15-31)25-8-4-3-7-24(25)26(33)30-23-11-9-21(10-12-23)19-29-27(34)35-20-22-6-5-13-28-18-22/h3-13,18H,2,14-17,19-20H2,1H3,(H,29,34)(H,30,33). The number of anilines is 2. The second kappa shape index (κ2) is 12.0. The van der Waals surface area contributed by atoms with Crippen LogP contribution in [-0.2, 0) is 17.9 Å². The summed E-state index contributed by atoms with van der Waals surface area (Å²) < 4.78 is 5.19. The maximum Gasteiger partial charge on any atom is 0.407 e. The minimum absolute atomic E-state index is 0.136. The Hall–Kier alpha value is -3.91. The number of ether oxygens (including phenoxy) is 1. The maximum absolute atomic E-state index is 13.1. The lowest BCUT2D eigenvalue weighted by Crippen LogP contribution is -2.46. The molecule has 0 spiro atoms. The summed E-state index contributed by atoms with van der Waals surface area (Å²) in [5, 5.41) is 5.72. The number of nitrogens with one attached hydrogen (secondary N) is 2. The van der Waals surface area contributed by atoms with E-state index in [0.29, 0.717) is 17.8 Å². The molecule has 2 N–H and O–H groups in total. The van der Waals surface area contributed by atoms with E-state index in [9.17, 15) is 9.59 Å². The number of benzene rings is 2. The third-order valence-corrected chi connectivity index (χ3v) is 6.05. The summed E-state index contributed by atoms with van der Waals surface area (Å²) in [5.41, 5.74) is 4.05. The van der Waals surface area contributed by atoms with Gasteiger partial charge in [-0.1, -0.05) is 37.3 Å². The van der Waals surface area contributed by atoms with E-state index in [1.54, 1.807) is 18.5 Å². The summed E-state index contributed by atoms with van der Waals surface area (Å²) in [5.74, 6) is -0.136. The van der Waals surface area contributed by atoms with Gasteiger partial charge >= 0.3 is 6.09 Å². The summed E-state index contributed by atoms with van der Waals surface area (Å²) in [7, 11) is 0. The van der Waals surface area contributed by atoms with E-state index >= 15 is 0 Å². The first-order valence-corrected chi connectivity index (χ1v) is 11.9. The fourth-order valence-corrected chi connectivity index (χ4v) is 4.01. The van der Waals surface area contributed by atoms with Gasteiger partial charge in [-0.25, -0.2) is 4.79 Å². The van der Waals surface area contributed by atoms with Gasteiger partial charge in [0.25, 0.3) is 5.91 Å². The van der Waals surface area contributed by atoms with Crippen LogP contribution in [0, 0.1) is 0 Å². The summed E-state index contributed by atoms with van der Waals surface area (Å²) in [4.78, 5) is 33.7. The second-order valence-electron chi connectivity index (χ2n) is 8.38. The van der Waals surface area contributed by atoms with Crippen molar-refractivity contribution in [3.05, 3.63) is 89.7 Å². The molecule has 1 fully saturated rings. The third kappa shape index (κ3) is 6.80. The molecule has 0 unspecified atom stereocenters. The van der Waals surface area contributed by atoms with Crippen molar-refractivity contribution < 1.29 is 14.3 Å². The molecular formula is C27H31N5O3. The predicted octanol–water partition coefficient (Wildman–Crippen LogP) is 3.90. The lowest BCUT2D eigenvalue weighted by molar-refractivity contribution is 0.102. The van der Waals surface area contributed by atoms with E-state index in [0.717, 1.165) is 49.5 Å².